The number of hydrogen-bond acceptors (Lipinski definition) is 0. The van der Waals surface area contributed by atoms with Crippen molar-refractivity contribution >= 4 is 0 Å². The van der Waals surface area contributed by atoms with Crippen LogP contribution >= 0.6 is 0 Å². The van der Waals surface area contributed by atoms with Crippen molar-refractivity contribution in [2.75, 3.05) is 0 Å². The first-order valence-electron chi connectivity index (χ1n) is 4.99. The zero-order valence-corrected chi connectivity index (χ0v) is 8.83. The van der Waals surface area contributed by atoms with Gasteiger partial charge < -0.3 is 0 Å². The summed E-state index contributed by atoms with van der Waals surface area (Å²) in [6, 6.07) is 0. The highest BCUT2D eigenvalue weighted by Gasteiger charge is 2.28. The Labute approximate surface area is 72.4 Å². The molecule has 0 aliphatic carbocycles. The van der Waals surface area contributed by atoms with E-state index in [4.69, 9.17) is 0 Å². The molecule has 0 heterocycles. The minimum Gasteiger partial charge on any atom is -0.0648 e. The van der Waals surface area contributed by atoms with Crippen LogP contribution in [0, 0.1) is 11.3 Å². The maximum atomic E-state index is 2.40. The highest BCUT2D eigenvalue weighted by atomic mass is 14.3. The average molecular weight is 155 g/mol. The van der Waals surface area contributed by atoms with Gasteiger partial charge >= 0.3 is 0 Å². The van der Waals surface area contributed by atoms with Gasteiger partial charge in [-0.25, -0.2) is 0 Å². The first-order valence-corrected chi connectivity index (χ1v) is 4.99. The molecule has 0 aliphatic rings. The summed E-state index contributed by atoms with van der Waals surface area (Å²) in [6.45, 7) is 11.6. The minimum atomic E-state index is 0.517. The van der Waals surface area contributed by atoms with Gasteiger partial charge in [0.2, 0.25) is 0 Å². The monoisotopic (exact) mass is 155 g/mol. The van der Waals surface area contributed by atoms with Gasteiger partial charge in [0.1, 0.15) is 0 Å². The van der Waals surface area contributed by atoms with Gasteiger partial charge in [0, 0.05) is 0 Å². The quantitative estimate of drug-likeness (QED) is 0.558. The van der Waals surface area contributed by atoms with E-state index < -0.39 is 0 Å². The van der Waals surface area contributed by atoms with Crippen LogP contribution in [0.25, 0.3) is 0 Å². The van der Waals surface area contributed by atoms with Crippen LogP contribution in [0.4, 0.5) is 0 Å². The van der Waals surface area contributed by atoms with Gasteiger partial charge in [-0.2, -0.15) is 0 Å². The highest BCUT2D eigenvalue weighted by Crippen LogP contribution is 2.40. The van der Waals surface area contributed by atoms with Crippen molar-refractivity contribution in [3.8, 4) is 0 Å². The van der Waals surface area contributed by atoms with Crippen molar-refractivity contribution in [2.45, 2.75) is 60.3 Å². The van der Waals surface area contributed by atoms with E-state index in [-0.39, 0.29) is 0 Å². The zero-order valence-electron chi connectivity index (χ0n) is 8.83. The van der Waals surface area contributed by atoms with Gasteiger partial charge in [-0.05, 0) is 24.2 Å². The molecule has 0 spiro atoms. The molecule has 0 amide bonds. The topological polar surface area (TPSA) is 0 Å². The molecule has 0 bridgehead atoms. The molecule has 0 fully saturated rings. The Balaban J connectivity index is 4.19. The lowest BCUT2D eigenvalue weighted by atomic mass is 9.71. The number of hydrogen-bond donors (Lipinski definition) is 0. The van der Waals surface area contributed by atoms with Crippen LogP contribution in [0.1, 0.15) is 60.3 Å². The molecule has 0 heteroatoms. The lowest BCUT2D eigenvalue weighted by molar-refractivity contribution is 0.293. The Kier molecular flexibility index (Phi) is 4.79. The van der Waals surface area contributed by atoms with Crippen LogP contribution in [0.3, 0.4) is 0 Å². The average Bonchev–Trinajstić information content (AvgIpc) is 2.06. The fourth-order valence-electron chi connectivity index (χ4n) is 1.85. The van der Waals surface area contributed by atoms with Gasteiger partial charge in [-0.3, -0.25) is 0 Å². The SMILES string of the molecule is CC[C](CC)C(C)(CC)CC. The van der Waals surface area contributed by atoms with Crippen molar-refractivity contribution in [1.82, 2.24) is 0 Å². The van der Waals surface area contributed by atoms with Gasteiger partial charge in [0.25, 0.3) is 0 Å². The molecule has 0 aromatic rings. The molecular formula is C11H23. The second kappa shape index (κ2) is 4.79. The molecule has 0 nitrogen and oxygen atoms in total. The molecular weight excluding hydrogens is 132 g/mol. The fraction of sp³-hybridized carbons (Fsp3) is 0.909. The standard InChI is InChI=1S/C11H23/c1-6-10(7-2)11(5,8-3)9-4/h6-9H2,1-5H3. The molecule has 0 aromatic heterocycles. The third-order valence-corrected chi connectivity index (χ3v) is 3.27. The molecule has 0 aliphatic heterocycles. The normalized spacial score (nSPS) is 12.5. The van der Waals surface area contributed by atoms with E-state index in [0.29, 0.717) is 5.41 Å². The Morgan fingerprint density at radius 3 is 1.36 bits per heavy atom. The van der Waals surface area contributed by atoms with Gasteiger partial charge in [-0.1, -0.05) is 47.5 Å². The molecule has 67 valence electrons. The Bertz CT molecular complexity index is 86.2. The Hall–Kier alpha value is 0. The molecule has 0 saturated heterocycles. The summed E-state index contributed by atoms with van der Waals surface area (Å²) in [7, 11) is 0. The van der Waals surface area contributed by atoms with Crippen molar-refractivity contribution < 1.29 is 0 Å². The third kappa shape index (κ3) is 2.50. The van der Waals surface area contributed by atoms with E-state index in [0.717, 1.165) is 0 Å². The van der Waals surface area contributed by atoms with Crippen LogP contribution in [-0.4, -0.2) is 0 Å². The Morgan fingerprint density at radius 1 is 0.909 bits per heavy atom. The molecule has 0 saturated carbocycles. The molecule has 0 atom stereocenters. The summed E-state index contributed by atoms with van der Waals surface area (Å²) in [5.41, 5.74) is 0.517. The van der Waals surface area contributed by atoms with E-state index in [9.17, 15) is 0 Å². The second-order valence-electron chi connectivity index (χ2n) is 3.58. The van der Waals surface area contributed by atoms with Crippen LogP contribution in [0.15, 0.2) is 0 Å². The van der Waals surface area contributed by atoms with Gasteiger partial charge in [0.15, 0.2) is 0 Å². The molecule has 11 heavy (non-hydrogen) atoms. The summed E-state index contributed by atoms with van der Waals surface area (Å²) in [6.07, 6.45) is 5.10. The summed E-state index contributed by atoms with van der Waals surface area (Å²) >= 11 is 0. The maximum absolute atomic E-state index is 2.40. The van der Waals surface area contributed by atoms with Crippen molar-refractivity contribution in [2.24, 2.45) is 5.41 Å². The third-order valence-electron chi connectivity index (χ3n) is 3.27. The first kappa shape index (κ1) is 11.0. The van der Waals surface area contributed by atoms with E-state index >= 15 is 0 Å². The van der Waals surface area contributed by atoms with E-state index in [1.54, 1.807) is 5.92 Å². The molecule has 0 unspecified atom stereocenters. The first-order chi connectivity index (χ1) is 5.14. The maximum Gasteiger partial charge on any atom is -0.0188 e. The summed E-state index contributed by atoms with van der Waals surface area (Å²) in [5.74, 6) is 1.74. The minimum absolute atomic E-state index is 0.517. The predicted molar refractivity (Wildman–Crippen MR) is 52.5 cm³/mol. The van der Waals surface area contributed by atoms with E-state index in [1.165, 1.54) is 25.7 Å². The van der Waals surface area contributed by atoms with Crippen LogP contribution in [0.5, 0.6) is 0 Å². The second-order valence-corrected chi connectivity index (χ2v) is 3.58. The van der Waals surface area contributed by atoms with Gasteiger partial charge in [-0.15, -0.1) is 0 Å². The molecule has 0 rings (SSSR count). The summed E-state index contributed by atoms with van der Waals surface area (Å²) in [5, 5.41) is 0. The van der Waals surface area contributed by atoms with Gasteiger partial charge in [0.05, 0.1) is 0 Å². The fourth-order valence-corrected chi connectivity index (χ4v) is 1.85. The number of rotatable bonds is 5. The summed E-state index contributed by atoms with van der Waals surface area (Å²) < 4.78 is 0. The predicted octanol–water partition coefficient (Wildman–Crippen LogP) is 4.21. The highest BCUT2D eigenvalue weighted by molar-refractivity contribution is 5.01. The van der Waals surface area contributed by atoms with Crippen molar-refractivity contribution in [3.05, 3.63) is 5.92 Å². The molecule has 1 radical (unpaired) electrons. The van der Waals surface area contributed by atoms with Crippen molar-refractivity contribution in [1.29, 1.82) is 0 Å². The van der Waals surface area contributed by atoms with Crippen LogP contribution < -0.4 is 0 Å². The lowest BCUT2D eigenvalue weighted by Crippen LogP contribution is -2.23. The van der Waals surface area contributed by atoms with E-state index in [1.807, 2.05) is 0 Å². The largest absolute Gasteiger partial charge is 0.0648 e. The van der Waals surface area contributed by atoms with E-state index in [2.05, 4.69) is 34.6 Å². The van der Waals surface area contributed by atoms with Crippen LogP contribution in [0.2, 0.25) is 0 Å². The zero-order chi connectivity index (χ0) is 8.91. The smallest absolute Gasteiger partial charge is 0.0188 e. The molecule has 0 aromatic carbocycles. The van der Waals surface area contributed by atoms with Crippen molar-refractivity contribution in [3.63, 3.8) is 0 Å². The Morgan fingerprint density at radius 2 is 1.27 bits per heavy atom. The summed E-state index contributed by atoms with van der Waals surface area (Å²) in [4.78, 5) is 0. The lowest BCUT2D eigenvalue weighted by Gasteiger charge is -2.34. The molecule has 0 N–H and O–H groups in total. The van der Waals surface area contributed by atoms with Crippen LogP contribution in [-0.2, 0) is 0 Å².